The van der Waals surface area contributed by atoms with E-state index in [9.17, 15) is 0 Å². The van der Waals surface area contributed by atoms with Crippen molar-refractivity contribution in [2.45, 2.75) is 32.9 Å². The molecule has 1 unspecified atom stereocenters. The summed E-state index contributed by atoms with van der Waals surface area (Å²) in [4.78, 5) is 4.20. The Bertz CT molecular complexity index is 487. The minimum absolute atomic E-state index is 0.305. The molecule has 0 radical (unpaired) electrons. The first-order chi connectivity index (χ1) is 8.69. The summed E-state index contributed by atoms with van der Waals surface area (Å²) in [6, 6.07) is 9.05. The number of nitrogens with one attached hydrogen (secondary N) is 1. The van der Waals surface area contributed by atoms with E-state index in [4.69, 9.17) is 0 Å². The Morgan fingerprint density at radius 1 is 1.28 bits per heavy atom. The van der Waals surface area contributed by atoms with Gasteiger partial charge in [0.05, 0.1) is 6.54 Å². The van der Waals surface area contributed by atoms with Crippen molar-refractivity contribution in [1.29, 1.82) is 0 Å². The number of hydrogen-bond acceptors (Lipinski definition) is 3. The quantitative estimate of drug-likeness (QED) is 0.877. The summed E-state index contributed by atoms with van der Waals surface area (Å²) >= 11 is 0. The van der Waals surface area contributed by atoms with E-state index in [1.54, 1.807) is 11.0 Å². The zero-order valence-corrected chi connectivity index (χ0v) is 11.2. The van der Waals surface area contributed by atoms with Crippen LogP contribution in [0.1, 0.15) is 36.8 Å². The fraction of sp³-hybridized carbons (Fsp3) is 0.429. The first-order valence-electron chi connectivity index (χ1n) is 6.35. The third kappa shape index (κ3) is 3.17. The molecule has 1 aromatic carbocycles. The second-order valence-electron chi connectivity index (χ2n) is 4.53. The Kier molecular flexibility index (Phi) is 4.10. The second-order valence-corrected chi connectivity index (χ2v) is 4.53. The smallest absolute Gasteiger partial charge is 0.164 e. The van der Waals surface area contributed by atoms with Gasteiger partial charge in [0.2, 0.25) is 0 Å². The molecule has 0 spiro atoms. The molecule has 4 nitrogen and oxygen atoms in total. The molecule has 0 bridgehead atoms. The lowest BCUT2D eigenvalue weighted by molar-refractivity contribution is 0.556. The number of benzene rings is 1. The minimum atomic E-state index is 0.305. The van der Waals surface area contributed by atoms with Gasteiger partial charge in [-0.2, -0.15) is 5.10 Å². The maximum Gasteiger partial charge on any atom is 0.164 e. The highest BCUT2D eigenvalue weighted by Gasteiger charge is 2.06. The molecule has 1 heterocycles. The number of hydrogen-bond donors (Lipinski definition) is 1. The van der Waals surface area contributed by atoms with Crippen LogP contribution in [0.5, 0.6) is 0 Å². The molecule has 0 aliphatic carbocycles. The predicted octanol–water partition coefficient (Wildman–Crippen LogP) is 2.23. The molecule has 2 rings (SSSR count). The number of aromatic nitrogens is 3. The van der Waals surface area contributed by atoms with Crippen LogP contribution in [0.2, 0.25) is 0 Å². The molecule has 1 aromatic heterocycles. The van der Waals surface area contributed by atoms with Crippen LogP contribution in [0.25, 0.3) is 0 Å². The lowest BCUT2D eigenvalue weighted by Crippen LogP contribution is -2.19. The van der Waals surface area contributed by atoms with Crippen molar-refractivity contribution in [3.05, 3.63) is 47.5 Å². The molecule has 18 heavy (non-hydrogen) atoms. The maximum absolute atomic E-state index is 4.25. The fourth-order valence-corrected chi connectivity index (χ4v) is 1.87. The van der Waals surface area contributed by atoms with Gasteiger partial charge in [-0.05, 0) is 24.5 Å². The zero-order valence-electron chi connectivity index (χ0n) is 11.2. The highest BCUT2D eigenvalue weighted by molar-refractivity contribution is 5.24. The van der Waals surface area contributed by atoms with Crippen LogP contribution >= 0.6 is 0 Å². The summed E-state index contributed by atoms with van der Waals surface area (Å²) in [5.41, 5.74) is 2.67. The van der Waals surface area contributed by atoms with E-state index in [0.29, 0.717) is 12.6 Å². The molecule has 0 saturated carbocycles. The Labute approximate surface area is 108 Å². The summed E-state index contributed by atoms with van der Waals surface area (Å²) < 4.78 is 1.72. The Hall–Kier alpha value is -1.68. The number of rotatable bonds is 5. The SMILES string of the molecule is CCc1ccc(C(C)NCc2ncn(C)n2)cc1. The normalized spacial score (nSPS) is 12.6. The van der Waals surface area contributed by atoms with Crippen LogP contribution in [0.3, 0.4) is 0 Å². The highest BCUT2D eigenvalue weighted by Crippen LogP contribution is 2.13. The van der Waals surface area contributed by atoms with Crippen LogP contribution in [0.4, 0.5) is 0 Å². The third-order valence-electron chi connectivity index (χ3n) is 3.10. The van der Waals surface area contributed by atoms with Crippen molar-refractivity contribution >= 4 is 0 Å². The maximum atomic E-state index is 4.25. The van der Waals surface area contributed by atoms with Gasteiger partial charge in [-0.25, -0.2) is 4.98 Å². The van der Waals surface area contributed by atoms with E-state index in [1.807, 2.05) is 7.05 Å². The van der Waals surface area contributed by atoms with Crippen molar-refractivity contribution in [2.75, 3.05) is 0 Å². The summed E-state index contributed by atoms with van der Waals surface area (Å²) in [5, 5.41) is 7.67. The predicted molar refractivity (Wildman–Crippen MR) is 72.1 cm³/mol. The van der Waals surface area contributed by atoms with Gasteiger partial charge in [0.15, 0.2) is 5.82 Å². The largest absolute Gasteiger partial charge is 0.303 e. The lowest BCUT2D eigenvalue weighted by atomic mass is 10.1. The summed E-state index contributed by atoms with van der Waals surface area (Å²) in [5.74, 6) is 0.828. The average Bonchev–Trinajstić information content (AvgIpc) is 2.82. The molecule has 4 heteroatoms. The van der Waals surface area contributed by atoms with E-state index in [0.717, 1.165) is 12.2 Å². The van der Waals surface area contributed by atoms with Crippen LogP contribution < -0.4 is 5.32 Å². The molecule has 0 amide bonds. The van der Waals surface area contributed by atoms with Crippen LogP contribution in [0, 0.1) is 0 Å². The summed E-state index contributed by atoms with van der Waals surface area (Å²) in [6.07, 6.45) is 2.80. The fourth-order valence-electron chi connectivity index (χ4n) is 1.87. The minimum Gasteiger partial charge on any atom is -0.303 e. The van der Waals surface area contributed by atoms with Crippen molar-refractivity contribution in [1.82, 2.24) is 20.1 Å². The van der Waals surface area contributed by atoms with Crippen molar-refractivity contribution in [3.63, 3.8) is 0 Å². The van der Waals surface area contributed by atoms with Gasteiger partial charge in [0, 0.05) is 13.1 Å². The van der Waals surface area contributed by atoms with Crippen molar-refractivity contribution in [3.8, 4) is 0 Å². The summed E-state index contributed by atoms with van der Waals surface area (Å²) in [7, 11) is 1.88. The molecule has 0 aliphatic heterocycles. The number of aryl methyl sites for hydroxylation is 2. The van der Waals surface area contributed by atoms with Gasteiger partial charge in [-0.15, -0.1) is 0 Å². The van der Waals surface area contributed by atoms with Gasteiger partial charge in [0.25, 0.3) is 0 Å². The average molecular weight is 244 g/mol. The van der Waals surface area contributed by atoms with E-state index in [-0.39, 0.29) is 0 Å². The van der Waals surface area contributed by atoms with E-state index in [1.165, 1.54) is 11.1 Å². The van der Waals surface area contributed by atoms with Gasteiger partial charge in [-0.3, -0.25) is 4.68 Å². The summed E-state index contributed by atoms with van der Waals surface area (Å²) in [6.45, 7) is 5.02. The lowest BCUT2D eigenvalue weighted by Gasteiger charge is -2.13. The first kappa shape index (κ1) is 12.8. The van der Waals surface area contributed by atoms with Gasteiger partial charge < -0.3 is 5.32 Å². The van der Waals surface area contributed by atoms with Crippen molar-refractivity contribution in [2.24, 2.45) is 7.05 Å². The molecule has 96 valence electrons. The van der Waals surface area contributed by atoms with Crippen LogP contribution in [-0.4, -0.2) is 14.8 Å². The standard InChI is InChI=1S/C14H20N4/c1-4-12-5-7-13(8-6-12)11(2)15-9-14-16-10-18(3)17-14/h5-8,10-11,15H,4,9H2,1-3H3. The van der Waals surface area contributed by atoms with E-state index < -0.39 is 0 Å². The van der Waals surface area contributed by atoms with E-state index >= 15 is 0 Å². The van der Waals surface area contributed by atoms with E-state index in [2.05, 4.69) is 53.5 Å². The van der Waals surface area contributed by atoms with Gasteiger partial charge in [-0.1, -0.05) is 31.2 Å². The van der Waals surface area contributed by atoms with Gasteiger partial charge >= 0.3 is 0 Å². The van der Waals surface area contributed by atoms with Crippen LogP contribution in [-0.2, 0) is 20.0 Å². The molecular weight excluding hydrogens is 224 g/mol. The molecule has 0 saturated heterocycles. The second kappa shape index (κ2) is 5.78. The Morgan fingerprint density at radius 3 is 2.56 bits per heavy atom. The molecule has 0 fully saturated rings. The topological polar surface area (TPSA) is 42.7 Å². The molecule has 1 N–H and O–H groups in total. The molecule has 0 aliphatic rings. The monoisotopic (exact) mass is 244 g/mol. The Morgan fingerprint density at radius 2 is 2.00 bits per heavy atom. The third-order valence-corrected chi connectivity index (χ3v) is 3.10. The van der Waals surface area contributed by atoms with Crippen LogP contribution in [0.15, 0.2) is 30.6 Å². The molecule has 2 aromatic rings. The zero-order chi connectivity index (χ0) is 13.0. The van der Waals surface area contributed by atoms with Gasteiger partial charge in [0.1, 0.15) is 6.33 Å². The highest BCUT2D eigenvalue weighted by atomic mass is 15.3. The Balaban J connectivity index is 1.92. The molecular formula is C14H20N4. The molecule has 1 atom stereocenters. The number of nitrogens with zero attached hydrogens (tertiary/aromatic N) is 3. The first-order valence-corrected chi connectivity index (χ1v) is 6.35. The van der Waals surface area contributed by atoms with Crippen molar-refractivity contribution < 1.29 is 0 Å².